The lowest BCUT2D eigenvalue weighted by Gasteiger charge is -2.11. The van der Waals surface area contributed by atoms with E-state index in [0.717, 1.165) is 0 Å². The van der Waals surface area contributed by atoms with E-state index in [-0.39, 0.29) is 12.4 Å². The zero-order chi connectivity index (χ0) is 17.8. The fraction of sp³-hybridized carbons (Fsp3) is 0.176. The lowest BCUT2D eigenvalue weighted by molar-refractivity contribution is -0.119. The number of esters is 1. The minimum absolute atomic E-state index is 0.109. The van der Waals surface area contributed by atoms with Gasteiger partial charge in [-0.1, -0.05) is 11.6 Å². The van der Waals surface area contributed by atoms with Gasteiger partial charge in [-0.3, -0.25) is 4.79 Å². The summed E-state index contributed by atoms with van der Waals surface area (Å²) in [5.41, 5.74) is 0.650. The Labute approximate surface area is 148 Å². The van der Waals surface area contributed by atoms with Crippen LogP contribution in [-0.2, 0) is 9.53 Å². The maximum atomic E-state index is 12.0. The molecule has 0 bridgehead atoms. The number of halogens is 1. The van der Waals surface area contributed by atoms with Crippen molar-refractivity contribution < 1.29 is 28.5 Å². The highest BCUT2D eigenvalue weighted by Gasteiger charge is 2.18. The molecule has 25 heavy (non-hydrogen) atoms. The third-order valence-corrected chi connectivity index (χ3v) is 3.61. The number of rotatable bonds is 5. The molecule has 0 aliphatic carbocycles. The van der Waals surface area contributed by atoms with E-state index in [1.54, 1.807) is 18.2 Å². The summed E-state index contributed by atoms with van der Waals surface area (Å²) in [6.07, 6.45) is 0. The molecule has 0 radical (unpaired) electrons. The van der Waals surface area contributed by atoms with Crippen molar-refractivity contribution in [3.63, 3.8) is 0 Å². The summed E-state index contributed by atoms with van der Waals surface area (Å²) in [5.74, 6) is 0.297. The maximum absolute atomic E-state index is 12.0. The van der Waals surface area contributed by atoms with Crippen molar-refractivity contribution >= 4 is 29.2 Å². The van der Waals surface area contributed by atoms with E-state index in [1.165, 1.54) is 25.3 Å². The van der Waals surface area contributed by atoms with Crippen molar-refractivity contribution in [1.29, 1.82) is 0 Å². The summed E-state index contributed by atoms with van der Waals surface area (Å²) in [6, 6.07) is 9.44. The van der Waals surface area contributed by atoms with Gasteiger partial charge < -0.3 is 24.3 Å². The van der Waals surface area contributed by atoms with Gasteiger partial charge in [-0.15, -0.1) is 0 Å². The average Bonchev–Trinajstić information content (AvgIpc) is 3.07. The summed E-state index contributed by atoms with van der Waals surface area (Å²) in [4.78, 5) is 24.0. The molecule has 8 heteroatoms. The predicted molar refractivity (Wildman–Crippen MR) is 89.5 cm³/mol. The number of benzene rings is 2. The summed E-state index contributed by atoms with van der Waals surface area (Å²) < 4.78 is 20.5. The molecule has 1 amide bonds. The maximum Gasteiger partial charge on any atom is 0.338 e. The number of carbonyl (C=O) groups excluding carboxylic acids is 2. The van der Waals surface area contributed by atoms with E-state index >= 15 is 0 Å². The quantitative estimate of drug-likeness (QED) is 0.822. The molecule has 130 valence electrons. The number of hydrogen-bond acceptors (Lipinski definition) is 6. The van der Waals surface area contributed by atoms with E-state index in [0.29, 0.717) is 28.0 Å². The molecule has 3 rings (SSSR count). The number of anilines is 1. The van der Waals surface area contributed by atoms with Gasteiger partial charge in [0, 0.05) is 5.02 Å². The number of nitrogens with one attached hydrogen (secondary N) is 1. The van der Waals surface area contributed by atoms with Gasteiger partial charge in [0.05, 0.1) is 18.4 Å². The Kier molecular flexibility index (Phi) is 4.95. The van der Waals surface area contributed by atoms with Gasteiger partial charge >= 0.3 is 5.97 Å². The minimum atomic E-state index is -0.647. The number of methoxy groups -OCH3 is 1. The molecule has 1 aliphatic heterocycles. The van der Waals surface area contributed by atoms with Crippen molar-refractivity contribution in [1.82, 2.24) is 0 Å². The zero-order valence-corrected chi connectivity index (χ0v) is 14.0. The van der Waals surface area contributed by atoms with Gasteiger partial charge in [0.1, 0.15) is 5.75 Å². The first-order valence-corrected chi connectivity index (χ1v) is 7.65. The third-order valence-electron chi connectivity index (χ3n) is 3.38. The number of ether oxygens (including phenoxy) is 4. The van der Waals surface area contributed by atoms with Crippen LogP contribution in [-0.4, -0.2) is 32.4 Å². The summed E-state index contributed by atoms with van der Waals surface area (Å²) >= 11 is 5.90. The molecule has 1 aliphatic rings. The van der Waals surface area contributed by atoms with Crippen LogP contribution >= 0.6 is 11.6 Å². The normalized spacial score (nSPS) is 11.8. The summed E-state index contributed by atoms with van der Waals surface area (Å²) in [6.45, 7) is -0.347. The second kappa shape index (κ2) is 7.31. The van der Waals surface area contributed by atoms with Crippen molar-refractivity contribution in [3.05, 3.63) is 47.0 Å². The van der Waals surface area contributed by atoms with Gasteiger partial charge in [-0.2, -0.15) is 0 Å². The Morgan fingerprint density at radius 1 is 1.16 bits per heavy atom. The molecule has 1 heterocycles. The molecule has 1 N–H and O–H groups in total. The van der Waals surface area contributed by atoms with Crippen LogP contribution in [0.5, 0.6) is 17.2 Å². The SMILES string of the molecule is COc1ccc(Cl)cc1NC(=O)COC(=O)c1ccc2c(c1)OCO2. The van der Waals surface area contributed by atoms with E-state index in [9.17, 15) is 9.59 Å². The van der Waals surface area contributed by atoms with Crippen LogP contribution in [0.3, 0.4) is 0 Å². The highest BCUT2D eigenvalue weighted by molar-refractivity contribution is 6.31. The molecular formula is C17H14ClNO6. The molecule has 0 fully saturated rings. The highest BCUT2D eigenvalue weighted by Crippen LogP contribution is 2.32. The molecule has 0 aromatic heterocycles. The Morgan fingerprint density at radius 3 is 2.76 bits per heavy atom. The lowest BCUT2D eigenvalue weighted by atomic mass is 10.2. The second-order valence-corrected chi connectivity index (χ2v) is 5.47. The van der Waals surface area contributed by atoms with Crippen molar-refractivity contribution in [2.75, 3.05) is 25.8 Å². The molecule has 2 aromatic carbocycles. The van der Waals surface area contributed by atoms with Crippen LogP contribution in [0.15, 0.2) is 36.4 Å². The molecule has 0 unspecified atom stereocenters. The average molecular weight is 364 g/mol. The third kappa shape index (κ3) is 3.95. The number of hydrogen-bond donors (Lipinski definition) is 1. The largest absolute Gasteiger partial charge is 0.495 e. The minimum Gasteiger partial charge on any atom is -0.495 e. The topological polar surface area (TPSA) is 83.1 Å². The Hall–Kier alpha value is -2.93. The molecule has 2 aromatic rings. The summed E-state index contributed by atoms with van der Waals surface area (Å²) in [5, 5.41) is 3.02. The van der Waals surface area contributed by atoms with Crippen molar-refractivity contribution in [2.45, 2.75) is 0 Å². The zero-order valence-electron chi connectivity index (χ0n) is 13.2. The molecule has 0 saturated heterocycles. The van der Waals surface area contributed by atoms with E-state index in [1.807, 2.05) is 0 Å². The van der Waals surface area contributed by atoms with E-state index < -0.39 is 18.5 Å². The van der Waals surface area contributed by atoms with Gasteiger partial charge in [-0.25, -0.2) is 4.79 Å². The van der Waals surface area contributed by atoms with Gasteiger partial charge in [0.15, 0.2) is 18.1 Å². The number of fused-ring (bicyclic) bond motifs is 1. The van der Waals surface area contributed by atoms with Crippen molar-refractivity contribution in [3.8, 4) is 17.2 Å². The smallest absolute Gasteiger partial charge is 0.338 e. The van der Waals surface area contributed by atoms with Crippen LogP contribution in [0.2, 0.25) is 5.02 Å². The predicted octanol–water partition coefficient (Wildman–Crippen LogP) is 2.87. The lowest BCUT2D eigenvalue weighted by Crippen LogP contribution is -2.21. The molecule has 0 spiro atoms. The van der Waals surface area contributed by atoms with E-state index in [2.05, 4.69) is 5.32 Å². The van der Waals surface area contributed by atoms with Crippen molar-refractivity contribution in [2.24, 2.45) is 0 Å². The standard InChI is InChI=1S/C17H14ClNO6/c1-22-13-5-3-11(18)7-12(13)19-16(20)8-23-17(21)10-2-4-14-15(6-10)25-9-24-14/h2-7H,8-9H2,1H3,(H,19,20). The van der Waals surface area contributed by atoms with E-state index in [4.69, 9.17) is 30.5 Å². The molecule has 7 nitrogen and oxygen atoms in total. The van der Waals surface area contributed by atoms with Gasteiger partial charge in [0.25, 0.3) is 5.91 Å². The highest BCUT2D eigenvalue weighted by atomic mass is 35.5. The molecule has 0 atom stereocenters. The first-order valence-electron chi connectivity index (χ1n) is 7.27. The van der Waals surface area contributed by atoms with Gasteiger partial charge in [-0.05, 0) is 36.4 Å². The molecule has 0 saturated carbocycles. The van der Waals surface area contributed by atoms with Crippen LogP contribution in [0.4, 0.5) is 5.69 Å². The van der Waals surface area contributed by atoms with Crippen LogP contribution in [0.1, 0.15) is 10.4 Å². The first kappa shape index (κ1) is 16.9. The van der Waals surface area contributed by atoms with Crippen LogP contribution in [0, 0.1) is 0 Å². The van der Waals surface area contributed by atoms with Crippen LogP contribution < -0.4 is 19.5 Å². The van der Waals surface area contributed by atoms with Crippen LogP contribution in [0.25, 0.3) is 0 Å². The second-order valence-electron chi connectivity index (χ2n) is 5.04. The number of amides is 1. The Balaban J connectivity index is 1.59. The fourth-order valence-corrected chi connectivity index (χ4v) is 2.37. The summed E-state index contributed by atoms with van der Waals surface area (Å²) in [7, 11) is 1.47. The monoisotopic (exact) mass is 363 g/mol. The first-order chi connectivity index (χ1) is 12.1. The Morgan fingerprint density at radius 2 is 1.96 bits per heavy atom. The number of carbonyl (C=O) groups is 2. The van der Waals surface area contributed by atoms with Gasteiger partial charge in [0.2, 0.25) is 6.79 Å². The fourth-order valence-electron chi connectivity index (χ4n) is 2.20. The Bertz CT molecular complexity index is 823. The molecular weight excluding hydrogens is 350 g/mol.